The standard InChI is InChI=1S/C28H21IO/c1-30-27-14-8-13-25(21-27)28(23-9-4-2-5-10-23,24-11-6-3-7-12-24)20-19-22-15-17-26(29)18-16-22/h2-18,21H,1H3. The minimum Gasteiger partial charge on any atom is -0.497 e. The quantitative estimate of drug-likeness (QED) is 0.173. The average molecular weight is 500 g/mol. The Labute approximate surface area is 191 Å². The number of benzene rings is 4. The molecular weight excluding hydrogens is 479 g/mol. The fourth-order valence-corrected chi connectivity index (χ4v) is 4.01. The van der Waals surface area contributed by atoms with Gasteiger partial charge in [0.15, 0.2) is 0 Å². The molecule has 0 N–H and O–H groups in total. The summed E-state index contributed by atoms with van der Waals surface area (Å²) in [5.41, 5.74) is 3.71. The van der Waals surface area contributed by atoms with Gasteiger partial charge in [-0.2, -0.15) is 0 Å². The lowest BCUT2D eigenvalue weighted by atomic mass is 9.70. The summed E-state index contributed by atoms with van der Waals surface area (Å²) in [4.78, 5) is 0. The van der Waals surface area contributed by atoms with Crippen LogP contribution in [0.4, 0.5) is 0 Å². The van der Waals surface area contributed by atoms with Gasteiger partial charge in [0, 0.05) is 9.13 Å². The van der Waals surface area contributed by atoms with Crippen molar-refractivity contribution in [2.45, 2.75) is 5.41 Å². The summed E-state index contributed by atoms with van der Waals surface area (Å²) in [5.74, 6) is 7.93. The van der Waals surface area contributed by atoms with Crippen molar-refractivity contribution in [3.05, 3.63) is 135 Å². The fourth-order valence-electron chi connectivity index (χ4n) is 3.65. The van der Waals surface area contributed by atoms with Crippen LogP contribution in [-0.4, -0.2) is 7.11 Å². The van der Waals surface area contributed by atoms with E-state index in [1.54, 1.807) is 7.11 Å². The van der Waals surface area contributed by atoms with Gasteiger partial charge in [0.2, 0.25) is 0 Å². The van der Waals surface area contributed by atoms with Crippen molar-refractivity contribution in [2.75, 3.05) is 7.11 Å². The van der Waals surface area contributed by atoms with E-state index >= 15 is 0 Å². The third-order valence-electron chi connectivity index (χ3n) is 5.15. The van der Waals surface area contributed by atoms with Gasteiger partial charge in [-0.3, -0.25) is 0 Å². The first-order valence-corrected chi connectivity index (χ1v) is 10.8. The zero-order chi connectivity index (χ0) is 20.8. The first-order valence-electron chi connectivity index (χ1n) is 9.77. The molecule has 30 heavy (non-hydrogen) atoms. The molecule has 4 aromatic rings. The van der Waals surface area contributed by atoms with Crippen LogP contribution in [0.15, 0.2) is 109 Å². The molecule has 0 unspecified atom stereocenters. The summed E-state index contributed by atoms with van der Waals surface area (Å²) in [6.07, 6.45) is 0. The summed E-state index contributed by atoms with van der Waals surface area (Å²) >= 11 is 2.31. The summed E-state index contributed by atoms with van der Waals surface area (Å²) in [6, 6.07) is 37.5. The lowest BCUT2D eigenvalue weighted by Gasteiger charge is -2.31. The van der Waals surface area contributed by atoms with Crippen molar-refractivity contribution in [3.8, 4) is 17.6 Å². The molecule has 146 valence electrons. The van der Waals surface area contributed by atoms with Gasteiger partial charge in [-0.05, 0) is 75.7 Å². The number of ether oxygens (including phenoxy) is 1. The highest BCUT2D eigenvalue weighted by atomic mass is 127. The van der Waals surface area contributed by atoms with Crippen molar-refractivity contribution in [1.82, 2.24) is 0 Å². The Kier molecular flexibility index (Phi) is 6.21. The van der Waals surface area contributed by atoms with Crippen molar-refractivity contribution in [1.29, 1.82) is 0 Å². The maximum absolute atomic E-state index is 5.55. The van der Waals surface area contributed by atoms with Crippen LogP contribution in [0.1, 0.15) is 22.3 Å². The minimum absolute atomic E-state index is 0.625. The molecule has 0 heterocycles. The van der Waals surface area contributed by atoms with Gasteiger partial charge >= 0.3 is 0 Å². The van der Waals surface area contributed by atoms with E-state index in [-0.39, 0.29) is 0 Å². The molecule has 0 spiro atoms. The van der Waals surface area contributed by atoms with Crippen LogP contribution in [0.2, 0.25) is 0 Å². The van der Waals surface area contributed by atoms with Crippen LogP contribution >= 0.6 is 22.6 Å². The molecule has 0 aliphatic rings. The Bertz CT molecular complexity index is 1130. The second-order valence-corrected chi connectivity index (χ2v) is 8.22. The summed E-state index contributed by atoms with van der Waals surface area (Å²) in [6.45, 7) is 0. The molecule has 0 atom stereocenters. The molecule has 0 bridgehead atoms. The molecule has 4 rings (SSSR count). The van der Waals surface area contributed by atoms with E-state index in [1.807, 2.05) is 24.3 Å². The Morgan fingerprint density at radius 1 is 0.667 bits per heavy atom. The summed E-state index contributed by atoms with van der Waals surface area (Å²) < 4.78 is 6.75. The Morgan fingerprint density at radius 3 is 1.80 bits per heavy atom. The van der Waals surface area contributed by atoms with E-state index in [9.17, 15) is 0 Å². The number of halogens is 1. The van der Waals surface area contributed by atoms with Crippen molar-refractivity contribution in [3.63, 3.8) is 0 Å². The van der Waals surface area contributed by atoms with Crippen LogP contribution in [0.5, 0.6) is 5.75 Å². The SMILES string of the molecule is COc1cccc(C(C#Cc2ccc(I)cc2)(c2ccccc2)c2ccccc2)c1. The first-order chi connectivity index (χ1) is 14.7. The molecule has 1 nitrogen and oxygen atoms in total. The Balaban J connectivity index is 2.02. The van der Waals surface area contributed by atoms with Gasteiger partial charge < -0.3 is 4.74 Å². The largest absolute Gasteiger partial charge is 0.497 e. The number of hydrogen-bond acceptors (Lipinski definition) is 1. The maximum atomic E-state index is 5.55. The molecule has 0 saturated carbocycles. The van der Waals surface area contributed by atoms with E-state index < -0.39 is 5.41 Å². The second kappa shape index (κ2) is 9.19. The molecule has 0 aromatic heterocycles. The fraction of sp³-hybridized carbons (Fsp3) is 0.0714. The third-order valence-corrected chi connectivity index (χ3v) is 5.87. The molecular formula is C28H21IO. The van der Waals surface area contributed by atoms with E-state index in [1.165, 1.54) is 3.57 Å². The monoisotopic (exact) mass is 500 g/mol. The number of rotatable bonds is 4. The van der Waals surface area contributed by atoms with Gasteiger partial charge in [0.1, 0.15) is 11.2 Å². The molecule has 0 saturated heterocycles. The van der Waals surface area contributed by atoms with Gasteiger partial charge in [0.05, 0.1) is 7.11 Å². The van der Waals surface area contributed by atoms with Crippen LogP contribution in [0.3, 0.4) is 0 Å². The highest BCUT2D eigenvalue weighted by Gasteiger charge is 2.35. The van der Waals surface area contributed by atoms with Gasteiger partial charge in [-0.25, -0.2) is 0 Å². The topological polar surface area (TPSA) is 9.23 Å². The van der Waals surface area contributed by atoms with Crippen LogP contribution in [0.25, 0.3) is 0 Å². The van der Waals surface area contributed by atoms with E-state index in [0.717, 1.165) is 28.0 Å². The average Bonchev–Trinajstić information content (AvgIpc) is 2.82. The predicted octanol–water partition coefficient (Wildman–Crippen LogP) is 6.69. The lowest BCUT2D eigenvalue weighted by Crippen LogP contribution is -2.27. The van der Waals surface area contributed by atoms with E-state index in [4.69, 9.17) is 4.74 Å². The third kappa shape index (κ3) is 4.13. The van der Waals surface area contributed by atoms with E-state index in [2.05, 4.69) is 119 Å². The molecule has 0 aliphatic heterocycles. The zero-order valence-corrected chi connectivity index (χ0v) is 18.8. The maximum Gasteiger partial charge on any atom is 0.119 e. The summed E-state index contributed by atoms with van der Waals surface area (Å²) in [5, 5.41) is 0. The van der Waals surface area contributed by atoms with Gasteiger partial charge in [-0.15, -0.1) is 0 Å². The van der Waals surface area contributed by atoms with Crippen molar-refractivity contribution < 1.29 is 4.74 Å². The van der Waals surface area contributed by atoms with Crippen molar-refractivity contribution in [2.24, 2.45) is 0 Å². The smallest absolute Gasteiger partial charge is 0.119 e. The van der Waals surface area contributed by atoms with Crippen LogP contribution < -0.4 is 4.74 Å². The molecule has 0 radical (unpaired) electrons. The number of hydrogen-bond donors (Lipinski definition) is 0. The summed E-state index contributed by atoms with van der Waals surface area (Å²) in [7, 11) is 1.70. The number of methoxy groups -OCH3 is 1. The highest BCUT2D eigenvalue weighted by molar-refractivity contribution is 14.1. The minimum atomic E-state index is -0.625. The van der Waals surface area contributed by atoms with Crippen molar-refractivity contribution >= 4 is 22.6 Å². The molecule has 2 heteroatoms. The molecule has 0 amide bonds. The lowest BCUT2D eigenvalue weighted by molar-refractivity contribution is 0.414. The normalized spacial score (nSPS) is 10.7. The molecule has 0 fully saturated rings. The second-order valence-electron chi connectivity index (χ2n) is 6.97. The Morgan fingerprint density at radius 2 is 1.23 bits per heavy atom. The molecule has 4 aromatic carbocycles. The van der Waals surface area contributed by atoms with Crippen LogP contribution in [-0.2, 0) is 5.41 Å². The zero-order valence-electron chi connectivity index (χ0n) is 16.7. The first kappa shape index (κ1) is 20.3. The predicted molar refractivity (Wildman–Crippen MR) is 132 cm³/mol. The van der Waals surface area contributed by atoms with Gasteiger partial charge in [0.25, 0.3) is 0 Å². The molecule has 0 aliphatic carbocycles. The van der Waals surface area contributed by atoms with E-state index in [0.29, 0.717) is 0 Å². The van der Waals surface area contributed by atoms with Gasteiger partial charge in [-0.1, -0.05) is 84.6 Å². The Hall–Kier alpha value is -3.03. The highest BCUT2D eigenvalue weighted by Crippen LogP contribution is 2.40. The van der Waals surface area contributed by atoms with Crippen LogP contribution in [0, 0.1) is 15.4 Å².